The lowest BCUT2D eigenvalue weighted by molar-refractivity contribution is -0.198. The molecule has 1 saturated heterocycles. The Labute approximate surface area is 389 Å². The molecule has 1 heterocycles. The van der Waals surface area contributed by atoms with E-state index < -0.39 is 41.0 Å². The van der Waals surface area contributed by atoms with Gasteiger partial charge in [0.1, 0.15) is 17.2 Å². The fourth-order valence-corrected chi connectivity index (χ4v) is 6.66. The molecule has 17 nitrogen and oxygen atoms in total. The van der Waals surface area contributed by atoms with Crippen molar-refractivity contribution in [2.45, 2.75) is 206 Å². The van der Waals surface area contributed by atoms with E-state index >= 15 is 0 Å². The van der Waals surface area contributed by atoms with E-state index in [1.165, 1.54) is 64.2 Å². The molecule has 0 spiro atoms. The van der Waals surface area contributed by atoms with Crippen molar-refractivity contribution >= 4 is 41.5 Å². The summed E-state index contributed by atoms with van der Waals surface area (Å²) in [6, 6.07) is -0.919. The zero-order valence-electron chi connectivity index (χ0n) is 40.9. The summed E-state index contributed by atoms with van der Waals surface area (Å²) in [6.45, 7) is 13.5. The molecular weight excluding hydrogens is 843 g/mol. The van der Waals surface area contributed by atoms with Crippen LogP contribution in [0, 0.1) is 0 Å². The number of unbranched alkanes of at least 4 members (excludes halogenated alkanes) is 15. The van der Waals surface area contributed by atoms with Crippen LogP contribution in [0.4, 0.5) is 0 Å². The van der Waals surface area contributed by atoms with Crippen molar-refractivity contribution in [3.05, 3.63) is 0 Å². The zero-order valence-corrected chi connectivity index (χ0v) is 40.9. The Morgan fingerprint density at radius 3 is 1.37 bits per heavy atom. The van der Waals surface area contributed by atoms with Gasteiger partial charge in [-0.1, -0.05) is 89.9 Å². The minimum Gasteiger partial charge on any atom is -0.460 e. The third kappa shape index (κ3) is 36.2. The summed E-state index contributed by atoms with van der Waals surface area (Å²) in [5, 5.41) is 6.07. The van der Waals surface area contributed by atoms with Crippen LogP contribution in [-0.4, -0.2) is 123 Å². The summed E-state index contributed by atoms with van der Waals surface area (Å²) in [7, 11) is 0. The normalized spacial score (nSPS) is 13.5. The van der Waals surface area contributed by atoms with Crippen LogP contribution in [0.3, 0.4) is 0 Å². The molecule has 0 aliphatic carbocycles. The Kier molecular flexibility index (Phi) is 33.3. The molecular formula is C48H85N3O14. The molecule has 0 aromatic heterocycles. The predicted octanol–water partition coefficient (Wildman–Crippen LogP) is 7.14. The van der Waals surface area contributed by atoms with Crippen molar-refractivity contribution in [3.8, 4) is 0 Å². The first-order valence-corrected chi connectivity index (χ1v) is 24.3. The Morgan fingerprint density at radius 2 is 0.908 bits per heavy atom. The van der Waals surface area contributed by atoms with Crippen molar-refractivity contribution in [3.63, 3.8) is 0 Å². The van der Waals surface area contributed by atoms with Gasteiger partial charge in [-0.3, -0.25) is 24.0 Å². The standard InChI is InChI=1S/C48H85N3O14/c1-47(2,3)63-44(56)24-22-20-18-16-14-12-10-8-7-9-11-13-15-17-19-21-23-41(53)50-39(46(58)64-48(4,5)6)25-26-40(52)49-30-32-60-34-36-62-38-37-61-35-33-59-31-29-45(57)65-51-42(54)27-28-43(51)55/h39H,7-38H2,1-6H3,(H,49,52)(H,50,53). The van der Waals surface area contributed by atoms with Crippen molar-refractivity contribution in [1.82, 2.24) is 15.7 Å². The second-order valence-corrected chi connectivity index (χ2v) is 18.5. The number of nitrogens with one attached hydrogen (secondary N) is 2. The number of hydroxylamine groups is 2. The number of carbonyl (C=O) groups is 7. The number of carbonyl (C=O) groups excluding carboxylic acids is 7. The van der Waals surface area contributed by atoms with Gasteiger partial charge in [-0.15, -0.1) is 5.06 Å². The van der Waals surface area contributed by atoms with Crippen LogP contribution < -0.4 is 10.6 Å². The molecule has 0 aromatic rings. The Bertz CT molecular complexity index is 1350. The van der Waals surface area contributed by atoms with Gasteiger partial charge in [0.15, 0.2) is 0 Å². The van der Waals surface area contributed by atoms with Crippen molar-refractivity contribution in [1.29, 1.82) is 0 Å². The molecule has 0 saturated carbocycles. The van der Waals surface area contributed by atoms with Crippen LogP contribution in [0.5, 0.6) is 0 Å². The van der Waals surface area contributed by atoms with E-state index in [4.69, 9.17) is 33.3 Å². The highest BCUT2D eigenvalue weighted by Crippen LogP contribution is 2.17. The molecule has 1 unspecified atom stereocenters. The van der Waals surface area contributed by atoms with Crippen molar-refractivity contribution in [2.24, 2.45) is 0 Å². The topological polar surface area (TPSA) is 211 Å². The van der Waals surface area contributed by atoms with Crippen molar-refractivity contribution in [2.75, 3.05) is 59.4 Å². The largest absolute Gasteiger partial charge is 0.460 e. The van der Waals surface area contributed by atoms with Crippen LogP contribution in [0.1, 0.15) is 189 Å². The first kappa shape index (κ1) is 59.3. The van der Waals surface area contributed by atoms with E-state index in [1.54, 1.807) is 20.8 Å². The van der Waals surface area contributed by atoms with Crippen LogP contribution in [-0.2, 0) is 66.8 Å². The van der Waals surface area contributed by atoms with Crippen LogP contribution in [0.15, 0.2) is 0 Å². The van der Waals surface area contributed by atoms with E-state index in [1.807, 2.05) is 20.8 Å². The van der Waals surface area contributed by atoms with E-state index in [0.29, 0.717) is 44.3 Å². The quantitative estimate of drug-likeness (QED) is 0.0356. The summed E-state index contributed by atoms with van der Waals surface area (Å²) < 4.78 is 32.6. The summed E-state index contributed by atoms with van der Waals surface area (Å²) >= 11 is 0. The third-order valence-electron chi connectivity index (χ3n) is 9.98. The molecule has 1 aliphatic rings. The second-order valence-electron chi connectivity index (χ2n) is 18.5. The van der Waals surface area contributed by atoms with Crippen LogP contribution in [0.2, 0.25) is 0 Å². The van der Waals surface area contributed by atoms with E-state index in [2.05, 4.69) is 10.6 Å². The zero-order chi connectivity index (χ0) is 48.2. The first-order chi connectivity index (χ1) is 31.0. The van der Waals surface area contributed by atoms with Gasteiger partial charge in [-0.2, -0.15) is 0 Å². The van der Waals surface area contributed by atoms with Crippen LogP contribution >= 0.6 is 0 Å². The first-order valence-electron chi connectivity index (χ1n) is 24.3. The molecule has 2 N–H and O–H groups in total. The molecule has 65 heavy (non-hydrogen) atoms. The monoisotopic (exact) mass is 928 g/mol. The number of ether oxygens (including phenoxy) is 6. The molecule has 0 bridgehead atoms. The number of nitrogens with zero attached hydrogens (tertiary/aromatic N) is 1. The van der Waals surface area contributed by atoms with E-state index in [-0.39, 0.29) is 82.9 Å². The molecule has 0 radical (unpaired) electrons. The van der Waals surface area contributed by atoms with Gasteiger partial charge >= 0.3 is 17.9 Å². The molecule has 1 rings (SSSR count). The maximum absolute atomic E-state index is 12.9. The molecule has 17 heteroatoms. The molecule has 1 fully saturated rings. The van der Waals surface area contributed by atoms with Crippen LogP contribution in [0.25, 0.3) is 0 Å². The molecule has 4 amide bonds. The maximum atomic E-state index is 12.9. The lowest BCUT2D eigenvalue weighted by Crippen LogP contribution is -2.44. The van der Waals surface area contributed by atoms with Gasteiger partial charge in [0.05, 0.1) is 59.3 Å². The fourth-order valence-electron chi connectivity index (χ4n) is 6.66. The number of hydrogen-bond acceptors (Lipinski definition) is 14. The number of esters is 2. The lowest BCUT2D eigenvalue weighted by Gasteiger charge is -2.24. The number of amides is 4. The predicted molar refractivity (Wildman–Crippen MR) is 244 cm³/mol. The average Bonchev–Trinajstić information content (AvgIpc) is 3.53. The SMILES string of the molecule is CC(C)(C)OC(=O)CCCCCCCCCCCCCCCCCCC(=O)NC(CCC(=O)NCCOCCOCCOCCOCCC(=O)ON1C(=O)CCC1=O)C(=O)OC(C)(C)C. The number of rotatable bonds is 40. The summed E-state index contributed by atoms with van der Waals surface area (Å²) in [6.07, 6.45) is 19.5. The lowest BCUT2D eigenvalue weighted by atomic mass is 10.0. The van der Waals surface area contributed by atoms with Gasteiger partial charge in [0.25, 0.3) is 11.8 Å². The smallest absolute Gasteiger partial charge is 0.335 e. The molecule has 1 aliphatic heterocycles. The summed E-state index contributed by atoms with van der Waals surface area (Å²) in [5.74, 6) is -2.91. The summed E-state index contributed by atoms with van der Waals surface area (Å²) in [4.78, 5) is 89.4. The van der Waals surface area contributed by atoms with E-state index in [0.717, 1.165) is 38.5 Å². The Morgan fingerprint density at radius 1 is 0.492 bits per heavy atom. The van der Waals surface area contributed by atoms with Gasteiger partial charge < -0.3 is 43.9 Å². The van der Waals surface area contributed by atoms with E-state index in [9.17, 15) is 33.6 Å². The highest BCUT2D eigenvalue weighted by atomic mass is 16.7. The highest BCUT2D eigenvalue weighted by Gasteiger charge is 2.33. The highest BCUT2D eigenvalue weighted by molar-refractivity contribution is 6.01. The van der Waals surface area contributed by atoms with Gasteiger partial charge in [0, 0.05) is 38.6 Å². The maximum Gasteiger partial charge on any atom is 0.335 e. The molecule has 376 valence electrons. The number of imide groups is 1. The number of hydrogen-bond donors (Lipinski definition) is 2. The van der Waals surface area contributed by atoms with Gasteiger partial charge in [0.2, 0.25) is 11.8 Å². The molecule has 1 atom stereocenters. The van der Waals surface area contributed by atoms with Gasteiger partial charge in [-0.25, -0.2) is 9.59 Å². The third-order valence-corrected chi connectivity index (χ3v) is 9.98. The second kappa shape index (κ2) is 36.4. The Balaban J connectivity index is 2.03. The Hall–Kier alpha value is -3.67. The van der Waals surface area contributed by atoms with Gasteiger partial charge in [-0.05, 0) is 60.8 Å². The minimum atomic E-state index is -0.919. The molecule has 0 aromatic carbocycles. The minimum absolute atomic E-state index is 0.0356. The summed E-state index contributed by atoms with van der Waals surface area (Å²) in [5.41, 5.74) is -1.13. The fraction of sp³-hybridized carbons (Fsp3) is 0.854. The van der Waals surface area contributed by atoms with Crippen molar-refractivity contribution < 1.29 is 66.8 Å². The average molecular weight is 928 g/mol.